The zero-order valence-electron chi connectivity index (χ0n) is 10.7. The van der Waals surface area contributed by atoms with Gasteiger partial charge in [0.15, 0.2) is 0 Å². The van der Waals surface area contributed by atoms with Crippen molar-refractivity contribution < 1.29 is 28.2 Å². The smallest absolute Gasteiger partial charge is 0.387 e. The highest BCUT2D eigenvalue weighted by Gasteiger charge is 2.18. The van der Waals surface area contributed by atoms with E-state index in [0.717, 1.165) is 0 Å². The number of benzene rings is 1. The molecule has 0 radical (unpaired) electrons. The molecule has 0 unspecified atom stereocenters. The van der Waals surface area contributed by atoms with Gasteiger partial charge in [-0.2, -0.15) is 14.0 Å². The lowest BCUT2D eigenvalue weighted by atomic mass is 9.99. The van der Waals surface area contributed by atoms with E-state index in [9.17, 15) is 18.7 Å². The van der Waals surface area contributed by atoms with Crippen LogP contribution >= 0.6 is 0 Å². The quantitative estimate of drug-likeness (QED) is 0.806. The van der Waals surface area contributed by atoms with Gasteiger partial charge in [0.05, 0.1) is 19.6 Å². The van der Waals surface area contributed by atoms with Crippen LogP contribution in [0.3, 0.4) is 0 Å². The fraction of sp³-hybridized carbons (Fsp3) is 0.385. The third-order valence-corrected chi connectivity index (χ3v) is 2.50. The summed E-state index contributed by atoms with van der Waals surface area (Å²) >= 11 is 0. The predicted molar refractivity (Wildman–Crippen MR) is 64.0 cm³/mol. The lowest BCUT2D eigenvalue weighted by molar-refractivity contribution is -0.142. The van der Waals surface area contributed by atoms with Crippen LogP contribution in [0.4, 0.5) is 8.78 Å². The number of ether oxygens (including phenoxy) is 2. The van der Waals surface area contributed by atoms with Crippen molar-refractivity contribution in [2.75, 3.05) is 6.61 Å². The number of aliphatic hydroxyl groups excluding tert-OH is 1. The number of hydrogen-bond acceptors (Lipinski definition) is 5. The summed E-state index contributed by atoms with van der Waals surface area (Å²) in [5.41, 5.74) is 0.206. The molecular weight excluding hydrogens is 272 g/mol. The molecule has 0 atom stereocenters. The Morgan fingerprint density at radius 2 is 2.20 bits per heavy atom. The SMILES string of the molecule is CCOC(=O)Cc1ccc(OC(F)F)c(C#N)c1CO. The summed E-state index contributed by atoms with van der Waals surface area (Å²) in [6, 6.07) is 4.21. The summed E-state index contributed by atoms with van der Waals surface area (Å²) in [6.45, 7) is -1.81. The molecule has 1 aromatic rings. The van der Waals surface area contributed by atoms with Gasteiger partial charge < -0.3 is 14.6 Å². The number of nitriles is 1. The summed E-state index contributed by atoms with van der Waals surface area (Å²) in [4.78, 5) is 11.4. The van der Waals surface area contributed by atoms with E-state index in [-0.39, 0.29) is 29.9 Å². The van der Waals surface area contributed by atoms with E-state index in [2.05, 4.69) is 4.74 Å². The molecule has 0 aromatic heterocycles. The second-order valence-electron chi connectivity index (χ2n) is 3.71. The molecule has 7 heteroatoms. The summed E-state index contributed by atoms with van der Waals surface area (Å²) in [7, 11) is 0. The van der Waals surface area contributed by atoms with Crippen LogP contribution in [0, 0.1) is 11.3 Å². The molecule has 20 heavy (non-hydrogen) atoms. The molecule has 108 valence electrons. The van der Waals surface area contributed by atoms with Crippen molar-refractivity contribution in [3.05, 3.63) is 28.8 Å². The number of hydrogen-bond donors (Lipinski definition) is 1. The maximum atomic E-state index is 12.2. The number of alkyl halides is 2. The number of carbonyl (C=O) groups is 1. The summed E-state index contributed by atoms with van der Waals surface area (Å²) in [5, 5.41) is 18.3. The molecule has 1 aromatic carbocycles. The van der Waals surface area contributed by atoms with Crippen molar-refractivity contribution in [3.63, 3.8) is 0 Å². The lowest BCUT2D eigenvalue weighted by Gasteiger charge is -2.13. The van der Waals surface area contributed by atoms with Crippen molar-refractivity contribution in [2.24, 2.45) is 0 Å². The molecule has 0 fully saturated rings. The van der Waals surface area contributed by atoms with Crippen molar-refractivity contribution in [1.29, 1.82) is 5.26 Å². The fourth-order valence-corrected chi connectivity index (χ4v) is 1.70. The third-order valence-electron chi connectivity index (χ3n) is 2.50. The zero-order valence-corrected chi connectivity index (χ0v) is 10.7. The average Bonchev–Trinajstić information content (AvgIpc) is 2.39. The van der Waals surface area contributed by atoms with Gasteiger partial charge in [-0.1, -0.05) is 6.07 Å². The van der Waals surface area contributed by atoms with Gasteiger partial charge in [-0.25, -0.2) is 0 Å². The molecule has 0 bridgehead atoms. The zero-order chi connectivity index (χ0) is 15.1. The minimum atomic E-state index is -3.08. The molecular formula is C13H13F2NO4. The van der Waals surface area contributed by atoms with Gasteiger partial charge >= 0.3 is 12.6 Å². The molecule has 1 rings (SSSR count). The Hall–Kier alpha value is -2.20. The normalized spacial score (nSPS) is 10.2. The second kappa shape index (κ2) is 7.40. The van der Waals surface area contributed by atoms with Crippen LogP contribution in [-0.2, 0) is 22.6 Å². The monoisotopic (exact) mass is 285 g/mol. The summed E-state index contributed by atoms with van der Waals surface area (Å²) in [6.07, 6.45) is -0.159. The molecule has 1 N–H and O–H groups in total. The highest BCUT2D eigenvalue weighted by Crippen LogP contribution is 2.27. The van der Waals surface area contributed by atoms with Gasteiger partial charge in [-0.3, -0.25) is 4.79 Å². The largest absolute Gasteiger partial charge is 0.466 e. The first kappa shape index (κ1) is 15.9. The van der Waals surface area contributed by atoms with E-state index in [4.69, 9.17) is 10.00 Å². The standard InChI is InChI=1S/C13H13F2NO4/c1-2-19-12(18)5-8-3-4-11(20-13(14)15)9(6-16)10(8)7-17/h3-4,13,17H,2,5,7H2,1H3. The van der Waals surface area contributed by atoms with Gasteiger partial charge in [0, 0.05) is 5.56 Å². The molecule has 0 aliphatic carbocycles. The summed E-state index contributed by atoms with van der Waals surface area (Å²) < 4.78 is 33.4. The Labute approximate surface area is 114 Å². The molecule has 0 saturated heterocycles. The first-order valence-electron chi connectivity index (χ1n) is 5.79. The second-order valence-corrected chi connectivity index (χ2v) is 3.71. The maximum absolute atomic E-state index is 12.2. The van der Waals surface area contributed by atoms with Crippen LogP contribution in [0.1, 0.15) is 23.6 Å². The molecule has 0 amide bonds. The van der Waals surface area contributed by atoms with E-state index in [1.54, 1.807) is 13.0 Å². The Bertz CT molecular complexity index is 526. The first-order valence-corrected chi connectivity index (χ1v) is 5.79. The number of rotatable bonds is 6. The van der Waals surface area contributed by atoms with E-state index in [0.29, 0.717) is 5.56 Å². The van der Waals surface area contributed by atoms with Crippen LogP contribution < -0.4 is 4.74 Å². The summed E-state index contributed by atoms with van der Waals surface area (Å²) in [5.74, 6) is -0.868. The lowest BCUT2D eigenvalue weighted by Crippen LogP contribution is -2.12. The van der Waals surface area contributed by atoms with Crippen LogP contribution in [0.25, 0.3) is 0 Å². The Balaban J connectivity index is 3.15. The minimum absolute atomic E-state index is 0.0821. The number of aliphatic hydroxyl groups is 1. The predicted octanol–water partition coefficient (Wildman–Crippen LogP) is 1.76. The van der Waals surface area contributed by atoms with Crippen molar-refractivity contribution in [1.82, 2.24) is 0 Å². The van der Waals surface area contributed by atoms with Crippen LogP contribution in [0.15, 0.2) is 12.1 Å². The van der Waals surface area contributed by atoms with E-state index < -0.39 is 19.2 Å². The van der Waals surface area contributed by atoms with Crippen molar-refractivity contribution >= 4 is 5.97 Å². The van der Waals surface area contributed by atoms with E-state index in [1.807, 2.05) is 0 Å². The third kappa shape index (κ3) is 3.90. The van der Waals surface area contributed by atoms with Crippen LogP contribution in [-0.4, -0.2) is 24.3 Å². The molecule has 0 aliphatic heterocycles. The Kier molecular flexibility index (Phi) is 5.87. The average molecular weight is 285 g/mol. The molecule has 0 saturated carbocycles. The van der Waals surface area contributed by atoms with E-state index >= 15 is 0 Å². The van der Waals surface area contributed by atoms with Crippen molar-refractivity contribution in [2.45, 2.75) is 26.6 Å². The molecule has 5 nitrogen and oxygen atoms in total. The van der Waals surface area contributed by atoms with Crippen LogP contribution in [0.5, 0.6) is 5.75 Å². The maximum Gasteiger partial charge on any atom is 0.387 e. The molecule has 0 spiro atoms. The number of carbonyl (C=O) groups excluding carboxylic acids is 1. The highest BCUT2D eigenvalue weighted by atomic mass is 19.3. The minimum Gasteiger partial charge on any atom is -0.466 e. The Morgan fingerprint density at radius 3 is 2.70 bits per heavy atom. The first-order chi connectivity index (χ1) is 9.53. The van der Waals surface area contributed by atoms with E-state index in [1.165, 1.54) is 12.1 Å². The molecule has 0 aliphatic rings. The molecule has 0 heterocycles. The highest BCUT2D eigenvalue weighted by molar-refractivity contribution is 5.73. The topological polar surface area (TPSA) is 79.5 Å². The van der Waals surface area contributed by atoms with Gasteiger partial charge in [0.25, 0.3) is 0 Å². The Morgan fingerprint density at radius 1 is 1.50 bits per heavy atom. The van der Waals surface area contributed by atoms with Gasteiger partial charge in [0.2, 0.25) is 0 Å². The number of esters is 1. The number of nitrogens with zero attached hydrogens (tertiary/aromatic N) is 1. The van der Waals surface area contributed by atoms with Crippen LogP contribution in [0.2, 0.25) is 0 Å². The van der Waals surface area contributed by atoms with Gasteiger partial charge in [0.1, 0.15) is 17.4 Å². The van der Waals surface area contributed by atoms with Gasteiger partial charge in [-0.05, 0) is 18.6 Å². The van der Waals surface area contributed by atoms with Gasteiger partial charge in [-0.15, -0.1) is 0 Å². The fourth-order valence-electron chi connectivity index (χ4n) is 1.70. The number of halogens is 2. The van der Waals surface area contributed by atoms with Crippen molar-refractivity contribution in [3.8, 4) is 11.8 Å².